The average Bonchev–Trinajstić information content (AvgIpc) is 2.56. The van der Waals surface area contributed by atoms with Gasteiger partial charge in [-0.1, -0.05) is 0 Å². The fraction of sp³-hybridized carbons (Fsp3) is 0.600. The van der Waals surface area contributed by atoms with E-state index in [1.807, 2.05) is 0 Å². The highest BCUT2D eigenvalue weighted by atomic mass is 32.2. The van der Waals surface area contributed by atoms with Crippen molar-refractivity contribution in [2.24, 2.45) is 0 Å². The number of rotatable bonds is 1. The van der Waals surface area contributed by atoms with Crippen molar-refractivity contribution in [3.05, 3.63) is 22.4 Å². The van der Waals surface area contributed by atoms with E-state index in [-0.39, 0.29) is 0 Å². The van der Waals surface area contributed by atoms with Gasteiger partial charge in [0.15, 0.2) is 0 Å². The monoisotopic (exact) mass is 213 g/mol. The molecular formula is C10H15NS2. The molecule has 1 aromatic heterocycles. The molecule has 0 aromatic carbocycles. The van der Waals surface area contributed by atoms with Crippen LogP contribution in [0, 0.1) is 0 Å². The minimum Gasteiger partial charge on any atom is -0.307 e. The van der Waals surface area contributed by atoms with Crippen LogP contribution in [0.1, 0.15) is 24.9 Å². The van der Waals surface area contributed by atoms with E-state index >= 15 is 0 Å². The van der Waals surface area contributed by atoms with E-state index in [1.165, 1.54) is 23.5 Å². The van der Waals surface area contributed by atoms with Crippen LogP contribution in [0.3, 0.4) is 0 Å². The van der Waals surface area contributed by atoms with Gasteiger partial charge in [-0.15, -0.1) is 0 Å². The van der Waals surface area contributed by atoms with Gasteiger partial charge in [0.25, 0.3) is 0 Å². The predicted octanol–water partition coefficient (Wildman–Crippen LogP) is 2.90. The van der Waals surface area contributed by atoms with Gasteiger partial charge in [-0.3, -0.25) is 0 Å². The van der Waals surface area contributed by atoms with Gasteiger partial charge < -0.3 is 5.32 Å². The molecule has 13 heavy (non-hydrogen) atoms. The summed E-state index contributed by atoms with van der Waals surface area (Å²) in [6.45, 7) is 2.28. The fourth-order valence-corrected chi connectivity index (χ4v) is 3.53. The van der Waals surface area contributed by atoms with Crippen molar-refractivity contribution in [3.8, 4) is 0 Å². The molecule has 0 saturated carbocycles. The SMILES string of the molecule is CC1CCSCC(c2ccsc2)N1. The lowest BCUT2D eigenvalue weighted by atomic mass is 10.1. The Morgan fingerprint density at radius 2 is 2.46 bits per heavy atom. The quantitative estimate of drug-likeness (QED) is 0.770. The molecule has 2 rings (SSSR count). The largest absolute Gasteiger partial charge is 0.307 e. The van der Waals surface area contributed by atoms with E-state index in [4.69, 9.17) is 0 Å². The molecule has 0 amide bonds. The van der Waals surface area contributed by atoms with E-state index in [0.717, 1.165) is 0 Å². The second-order valence-electron chi connectivity index (χ2n) is 3.54. The summed E-state index contributed by atoms with van der Waals surface area (Å²) in [6.07, 6.45) is 1.30. The van der Waals surface area contributed by atoms with Crippen molar-refractivity contribution in [2.75, 3.05) is 11.5 Å². The third kappa shape index (κ3) is 2.48. The molecule has 0 aliphatic carbocycles. The predicted molar refractivity (Wildman–Crippen MR) is 61.6 cm³/mol. The normalized spacial score (nSPS) is 29.9. The van der Waals surface area contributed by atoms with Gasteiger partial charge in [-0.05, 0) is 41.5 Å². The van der Waals surface area contributed by atoms with Gasteiger partial charge in [0, 0.05) is 17.8 Å². The summed E-state index contributed by atoms with van der Waals surface area (Å²) in [4.78, 5) is 0. The smallest absolute Gasteiger partial charge is 0.0422 e. The number of nitrogens with one attached hydrogen (secondary N) is 1. The van der Waals surface area contributed by atoms with Crippen LogP contribution in [0.2, 0.25) is 0 Å². The summed E-state index contributed by atoms with van der Waals surface area (Å²) < 4.78 is 0. The summed E-state index contributed by atoms with van der Waals surface area (Å²) in [7, 11) is 0. The Kier molecular flexibility index (Phi) is 3.30. The maximum absolute atomic E-state index is 3.67. The van der Waals surface area contributed by atoms with E-state index < -0.39 is 0 Å². The van der Waals surface area contributed by atoms with Crippen molar-refractivity contribution in [3.63, 3.8) is 0 Å². The average molecular weight is 213 g/mol. The summed E-state index contributed by atoms with van der Waals surface area (Å²) in [6, 6.07) is 3.48. The second-order valence-corrected chi connectivity index (χ2v) is 5.47. The zero-order valence-corrected chi connectivity index (χ0v) is 9.46. The Labute approximate surface area is 87.9 Å². The first kappa shape index (κ1) is 9.56. The first-order chi connectivity index (χ1) is 6.36. The summed E-state index contributed by atoms with van der Waals surface area (Å²) >= 11 is 3.86. The topological polar surface area (TPSA) is 12.0 Å². The van der Waals surface area contributed by atoms with E-state index in [1.54, 1.807) is 11.3 Å². The number of hydrogen-bond donors (Lipinski definition) is 1. The minimum absolute atomic E-state index is 0.578. The highest BCUT2D eigenvalue weighted by Crippen LogP contribution is 2.24. The molecule has 72 valence electrons. The molecule has 1 saturated heterocycles. The number of thiophene rings is 1. The lowest BCUT2D eigenvalue weighted by Gasteiger charge is -2.17. The van der Waals surface area contributed by atoms with Crippen molar-refractivity contribution in [2.45, 2.75) is 25.4 Å². The fourth-order valence-electron chi connectivity index (χ4n) is 1.60. The molecule has 1 nitrogen and oxygen atoms in total. The van der Waals surface area contributed by atoms with E-state index in [2.05, 4.69) is 40.8 Å². The Morgan fingerprint density at radius 1 is 1.54 bits per heavy atom. The molecule has 2 atom stereocenters. The molecular weight excluding hydrogens is 198 g/mol. The summed E-state index contributed by atoms with van der Waals surface area (Å²) in [5.41, 5.74) is 1.46. The van der Waals surface area contributed by atoms with Crippen molar-refractivity contribution in [1.82, 2.24) is 5.32 Å². The van der Waals surface area contributed by atoms with Crippen LogP contribution in [0.4, 0.5) is 0 Å². The number of hydrogen-bond acceptors (Lipinski definition) is 3. The molecule has 0 spiro atoms. The Balaban J connectivity index is 2.05. The highest BCUT2D eigenvalue weighted by molar-refractivity contribution is 7.99. The van der Waals surface area contributed by atoms with Crippen LogP contribution in [0.5, 0.6) is 0 Å². The van der Waals surface area contributed by atoms with Crippen molar-refractivity contribution < 1.29 is 0 Å². The Bertz CT molecular complexity index is 245. The van der Waals surface area contributed by atoms with Crippen LogP contribution in [0.15, 0.2) is 16.8 Å². The van der Waals surface area contributed by atoms with Gasteiger partial charge in [0.2, 0.25) is 0 Å². The van der Waals surface area contributed by atoms with E-state index in [9.17, 15) is 0 Å². The lowest BCUT2D eigenvalue weighted by molar-refractivity contribution is 0.485. The zero-order valence-electron chi connectivity index (χ0n) is 7.82. The maximum atomic E-state index is 3.67. The molecule has 1 aromatic rings. The van der Waals surface area contributed by atoms with Gasteiger partial charge in [0.1, 0.15) is 0 Å². The van der Waals surface area contributed by atoms with E-state index in [0.29, 0.717) is 12.1 Å². The third-order valence-corrected chi connectivity index (χ3v) is 4.21. The van der Waals surface area contributed by atoms with Gasteiger partial charge >= 0.3 is 0 Å². The molecule has 0 radical (unpaired) electrons. The molecule has 0 bridgehead atoms. The first-order valence-electron chi connectivity index (χ1n) is 4.72. The molecule has 2 unspecified atom stereocenters. The molecule has 1 N–H and O–H groups in total. The Morgan fingerprint density at radius 3 is 3.23 bits per heavy atom. The van der Waals surface area contributed by atoms with Crippen LogP contribution in [-0.2, 0) is 0 Å². The summed E-state index contributed by atoms with van der Waals surface area (Å²) in [5, 5.41) is 8.09. The molecule has 1 aliphatic heterocycles. The molecule has 2 heterocycles. The highest BCUT2D eigenvalue weighted by Gasteiger charge is 2.17. The molecule has 1 aliphatic rings. The third-order valence-electron chi connectivity index (χ3n) is 2.41. The Hall–Kier alpha value is 0.01000. The van der Waals surface area contributed by atoms with Crippen LogP contribution < -0.4 is 5.32 Å². The molecule has 1 fully saturated rings. The standard InChI is InChI=1S/C10H15NS2/c1-8-2-4-13-7-10(11-8)9-3-5-12-6-9/h3,5-6,8,10-11H,2,4,7H2,1H3. The van der Waals surface area contributed by atoms with Crippen LogP contribution >= 0.6 is 23.1 Å². The summed E-state index contributed by atoms with van der Waals surface area (Å²) in [5.74, 6) is 2.52. The minimum atomic E-state index is 0.578. The van der Waals surface area contributed by atoms with Gasteiger partial charge in [-0.2, -0.15) is 23.1 Å². The molecule has 3 heteroatoms. The van der Waals surface area contributed by atoms with Crippen LogP contribution in [0.25, 0.3) is 0 Å². The lowest BCUT2D eigenvalue weighted by Crippen LogP contribution is -2.29. The number of thioether (sulfide) groups is 1. The first-order valence-corrected chi connectivity index (χ1v) is 6.82. The van der Waals surface area contributed by atoms with Crippen molar-refractivity contribution in [1.29, 1.82) is 0 Å². The second kappa shape index (κ2) is 4.49. The van der Waals surface area contributed by atoms with Crippen LogP contribution in [-0.4, -0.2) is 17.5 Å². The van der Waals surface area contributed by atoms with Gasteiger partial charge in [0.05, 0.1) is 0 Å². The zero-order chi connectivity index (χ0) is 9.10. The van der Waals surface area contributed by atoms with Crippen molar-refractivity contribution >= 4 is 23.1 Å². The maximum Gasteiger partial charge on any atom is 0.0422 e. The van der Waals surface area contributed by atoms with Gasteiger partial charge in [-0.25, -0.2) is 0 Å².